The number of amides is 3. The summed E-state index contributed by atoms with van der Waals surface area (Å²) >= 11 is 0. The van der Waals surface area contributed by atoms with E-state index in [-0.39, 0.29) is 30.1 Å². The fourth-order valence-corrected chi connectivity index (χ4v) is 3.75. The van der Waals surface area contributed by atoms with Crippen LogP contribution in [0.15, 0.2) is 36.4 Å². The molecule has 152 valence electrons. The van der Waals surface area contributed by atoms with Crippen molar-refractivity contribution in [2.24, 2.45) is 5.41 Å². The number of hydrogen-bond acceptors (Lipinski definition) is 4. The monoisotopic (exact) mass is 393 g/mol. The first-order valence-corrected chi connectivity index (χ1v) is 9.92. The highest BCUT2D eigenvalue weighted by atomic mass is 16.2. The van der Waals surface area contributed by atoms with Crippen LogP contribution in [0.3, 0.4) is 0 Å². The van der Waals surface area contributed by atoms with E-state index >= 15 is 0 Å². The van der Waals surface area contributed by atoms with E-state index < -0.39 is 5.41 Å². The smallest absolute Gasteiger partial charge is 0.251 e. The highest BCUT2D eigenvalue weighted by Gasteiger charge is 2.46. The summed E-state index contributed by atoms with van der Waals surface area (Å²) in [6.45, 7) is 8.18. The van der Waals surface area contributed by atoms with Crippen molar-refractivity contribution in [2.45, 2.75) is 53.0 Å². The van der Waals surface area contributed by atoms with Gasteiger partial charge in [-0.1, -0.05) is 26.0 Å². The number of nitrogens with one attached hydrogen (secondary N) is 2. The average molecular weight is 393 g/mol. The van der Waals surface area contributed by atoms with Gasteiger partial charge in [0, 0.05) is 29.9 Å². The molecule has 1 fully saturated rings. The van der Waals surface area contributed by atoms with Crippen LogP contribution in [-0.2, 0) is 22.6 Å². The van der Waals surface area contributed by atoms with Gasteiger partial charge >= 0.3 is 0 Å². The largest absolute Gasteiger partial charge is 0.348 e. The van der Waals surface area contributed by atoms with Crippen LogP contribution in [0, 0.1) is 12.3 Å². The van der Waals surface area contributed by atoms with Crippen molar-refractivity contribution in [3.8, 4) is 0 Å². The third-order valence-electron chi connectivity index (χ3n) is 5.81. The molecule has 6 nitrogen and oxygen atoms in total. The molecule has 1 aromatic heterocycles. The van der Waals surface area contributed by atoms with Gasteiger partial charge in [-0.3, -0.25) is 24.7 Å². The predicted molar refractivity (Wildman–Crippen MR) is 110 cm³/mol. The van der Waals surface area contributed by atoms with Crippen LogP contribution in [0.25, 0.3) is 0 Å². The van der Waals surface area contributed by atoms with Crippen molar-refractivity contribution in [2.75, 3.05) is 0 Å². The molecule has 0 aliphatic carbocycles. The summed E-state index contributed by atoms with van der Waals surface area (Å²) in [5, 5.41) is 5.33. The Hall–Kier alpha value is -3.02. The molecule has 1 saturated heterocycles. The lowest BCUT2D eigenvalue weighted by atomic mass is 9.73. The Bertz CT molecular complexity index is 952. The number of carbonyl (C=O) groups excluding carboxylic acids is 3. The second-order valence-electron chi connectivity index (χ2n) is 7.96. The fourth-order valence-electron chi connectivity index (χ4n) is 3.75. The van der Waals surface area contributed by atoms with Crippen molar-refractivity contribution in [1.82, 2.24) is 15.6 Å². The maximum absolute atomic E-state index is 12.5. The lowest BCUT2D eigenvalue weighted by molar-refractivity contribution is -0.128. The van der Waals surface area contributed by atoms with E-state index in [1.807, 2.05) is 38.1 Å². The number of carbonyl (C=O) groups is 3. The molecule has 2 aromatic rings. The van der Waals surface area contributed by atoms with Gasteiger partial charge in [0.05, 0.1) is 5.41 Å². The molecule has 3 amide bonds. The van der Waals surface area contributed by atoms with Crippen LogP contribution < -0.4 is 10.6 Å². The number of hydrogen-bond donors (Lipinski definition) is 2. The van der Waals surface area contributed by atoms with E-state index in [0.717, 1.165) is 28.9 Å². The van der Waals surface area contributed by atoms with Crippen LogP contribution in [0.2, 0.25) is 0 Å². The van der Waals surface area contributed by atoms with Gasteiger partial charge in [-0.2, -0.15) is 0 Å². The molecule has 0 bridgehead atoms. The molecule has 1 unspecified atom stereocenters. The van der Waals surface area contributed by atoms with Crippen LogP contribution in [-0.4, -0.2) is 22.7 Å². The van der Waals surface area contributed by atoms with E-state index in [0.29, 0.717) is 12.1 Å². The molecule has 29 heavy (non-hydrogen) atoms. The molecule has 2 heterocycles. The summed E-state index contributed by atoms with van der Waals surface area (Å²) in [4.78, 5) is 40.8. The van der Waals surface area contributed by atoms with Gasteiger partial charge in [-0.05, 0) is 61.6 Å². The Morgan fingerprint density at radius 1 is 1.24 bits per heavy atom. The van der Waals surface area contributed by atoms with Gasteiger partial charge in [-0.25, -0.2) is 0 Å². The second kappa shape index (κ2) is 8.15. The van der Waals surface area contributed by atoms with Gasteiger partial charge in [-0.15, -0.1) is 0 Å². The van der Waals surface area contributed by atoms with E-state index in [4.69, 9.17) is 0 Å². The van der Waals surface area contributed by atoms with Crippen LogP contribution in [0.1, 0.15) is 66.0 Å². The number of imide groups is 1. The maximum atomic E-state index is 12.5. The molecule has 0 saturated carbocycles. The summed E-state index contributed by atoms with van der Waals surface area (Å²) in [6.07, 6.45) is 1.03. The highest BCUT2D eigenvalue weighted by molar-refractivity contribution is 6.06. The van der Waals surface area contributed by atoms with Gasteiger partial charge < -0.3 is 5.32 Å². The summed E-state index contributed by atoms with van der Waals surface area (Å²) < 4.78 is 0. The minimum Gasteiger partial charge on any atom is -0.348 e. The van der Waals surface area contributed by atoms with Gasteiger partial charge in [0.25, 0.3) is 5.91 Å². The fraction of sp³-hybridized carbons (Fsp3) is 0.391. The average Bonchev–Trinajstić information content (AvgIpc) is 2.97. The zero-order valence-electron chi connectivity index (χ0n) is 17.3. The third kappa shape index (κ3) is 4.36. The summed E-state index contributed by atoms with van der Waals surface area (Å²) in [5.41, 5.74) is 3.69. The Kier molecular flexibility index (Phi) is 5.82. The molecule has 2 atom stereocenters. The first kappa shape index (κ1) is 20.7. The SMILES string of the molecule is CCc1cc(CNC(=O)c2ccc(C(C)[C@]3(C)CC(=O)NC3=O)cc2)cc(C)n1. The first-order chi connectivity index (χ1) is 13.7. The maximum Gasteiger partial charge on any atom is 0.251 e. The minimum atomic E-state index is -0.767. The van der Waals surface area contributed by atoms with Crippen molar-refractivity contribution >= 4 is 17.7 Å². The van der Waals surface area contributed by atoms with Crippen molar-refractivity contribution in [3.63, 3.8) is 0 Å². The molecular formula is C23H27N3O3. The quantitative estimate of drug-likeness (QED) is 0.739. The van der Waals surface area contributed by atoms with Crippen LogP contribution in [0.4, 0.5) is 0 Å². The van der Waals surface area contributed by atoms with Crippen LogP contribution in [0.5, 0.6) is 0 Å². The van der Waals surface area contributed by atoms with E-state index in [1.165, 1.54) is 0 Å². The Balaban J connectivity index is 1.67. The summed E-state index contributed by atoms with van der Waals surface area (Å²) in [5.74, 6) is -0.774. The number of aromatic nitrogens is 1. The van der Waals surface area contributed by atoms with Crippen molar-refractivity contribution < 1.29 is 14.4 Å². The number of rotatable bonds is 6. The molecule has 3 rings (SSSR count). The standard InChI is InChI=1S/C23H27N3O3/c1-5-19-11-16(10-14(2)25-19)13-24-21(28)18-8-6-17(7-9-18)15(3)23(4)12-20(27)26-22(23)29/h6-11,15H,5,12-13H2,1-4H3,(H,24,28)(H,26,27,29)/t15?,23-/m0/s1. The number of aryl methyl sites for hydroxylation is 2. The van der Waals surface area contributed by atoms with Crippen molar-refractivity contribution in [1.29, 1.82) is 0 Å². The van der Waals surface area contributed by atoms with Gasteiger partial charge in [0.15, 0.2) is 0 Å². The summed E-state index contributed by atoms with van der Waals surface area (Å²) in [6, 6.07) is 11.2. The predicted octanol–water partition coefficient (Wildman–Crippen LogP) is 3.04. The van der Waals surface area contributed by atoms with Gasteiger partial charge in [0.1, 0.15) is 0 Å². The Labute approximate surface area is 171 Å². The highest BCUT2D eigenvalue weighted by Crippen LogP contribution is 2.41. The lowest BCUT2D eigenvalue weighted by Gasteiger charge is -2.28. The van der Waals surface area contributed by atoms with E-state index in [9.17, 15) is 14.4 Å². The Morgan fingerprint density at radius 2 is 1.93 bits per heavy atom. The van der Waals surface area contributed by atoms with Crippen LogP contribution >= 0.6 is 0 Å². The number of benzene rings is 1. The number of pyridine rings is 1. The topological polar surface area (TPSA) is 88.2 Å². The van der Waals surface area contributed by atoms with Crippen molar-refractivity contribution in [3.05, 3.63) is 64.5 Å². The molecule has 6 heteroatoms. The second-order valence-corrected chi connectivity index (χ2v) is 7.96. The molecule has 1 aliphatic rings. The molecule has 0 radical (unpaired) electrons. The molecule has 1 aliphatic heterocycles. The van der Waals surface area contributed by atoms with Gasteiger partial charge in [0.2, 0.25) is 11.8 Å². The summed E-state index contributed by atoms with van der Waals surface area (Å²) in [7, 11) is 0. The zero-order valence-corrected chi connectivity index (χ0v) is 17.3. The van der Waals surface area contributed by atoms with E-state index in [1.54, 1.807) is 19.1 Å². The minimum absolute atomic E-state index is 0.140. The normalized spacial score (nSPS) is 19.7. The lowest BCUT2D eigenvalue weighted by Crippen LogP contribution is -2.33. The first-order valence-electron chi connectivity index (χ1n) is 9.92. The third-order valence-corrected chi connectivity index (χ3v) is 5.81. The van der Waals surface area contributed by atoms with E-state index in [2.05, 4.69) is 22.5 Å². The Morgan fingerprint density at radius 3 is 2.52 bits per heavy atom. The molecule has 1 aromatic carbocycles. The molecular weight excluding hydrogens is 366 g/mol. The number of nitrogens with zero attached hydrogens (tertiary/aromatic N) is 1. The zero-order chi connectivity index (χ0) is 21.2. The molecule has 0 spiro atoms. The molecule has 2 N–H and O–H groups in total.